The molecule has 1 aromatic heterocycles. The van der Waals surface area contributed by atoms with Gasteiger partial charge in [-0.3, -0.25) is 4.79 Å². The summed E-state index contributed by atoms with van der Waals surface area (Å²) in [5, 5.41) is 3.70. The highest BCUT2D eigenvalue weighted by Gasteiger charge is 2.30. The van der Waals surface area contributed by atoms with Crippen LogP contribution in [0.5, 0.6) is 5.75 Å². The van der Waals surface area contributed by atoms with Crippen molar-refractivity contribution >= 4 is 32.6 Å². The van der Waals surface area contributed by atoms with E-state index in [2.05, 4.69) is 5.32 Å². The van der Waals surface area contributed by atoms with Crippen LogP contribution in [-0.4, -0.2) is 38.3 Å². The second-order valence-electron chi connectivity index (χ2n) is 7.69. The molecule has 0 saturated carbocycles. The number of furan rings is 1. The van der Waals surface area contributed by atoms with Gasteiger partial charge in [-0.25, -0.2) is 8.42 Å². The van der Waals surface area contributed by atoms with Crippen LogP contribution in [0, 0.1) is 6.92 Å². The van der Waals surface area contributed by atoms with Gasteiger partial charge in [-0.15, -0.1) is 0 Å². The first-order chi connectivity index (χ1) is 14.9. The number of hydrogen-bond donors (Lipinski definition) is 1. The molecule has 31 heavy (non-hydrogen) atoms. The van der Waals surface area contributed by atoms with Crippen molar-refractivity contribution < 1.29 is 22.4 Å². The molecule has 7 nitrogen and oxygen atoms in total. The Kier molecular flexibility index (Phi) is 6.02. The second-order valence-corrected chi connectivity index (χ2v) is 9.60. The molecule has 0 spiro atoms. The van der Waals surface area contributed by atoms with Gasteiger partial charge in [-0.1, -0.05) is 12.1 Å². The van der Waals surface area contributed by atoms with Gasteiger partial charge in [0.25, 0.3) is 0 Å². The van der Waals surface area contributed by atoms with Gasteiger partial charge in [-0.05, 0) is 56.5 Å². The molecule has 2 aromatic carbocycles. The minimum atomic E-state index is -3.69. The average Bonchev–Trinajstić information content (AvgIpc) is 3.40. The summed E-state index contributed by atoms with van der Waals surface area (Å²) < 4.78 is 38.8. The lowest BCUT2D eigenvalue weighted by molar-refractivity contribution is -0.115. The molecule has 1 amide bonds. The third-order valence-corrected chi connectivity index (χ3v) is 7.29. The number of fused-ring (bicyclic) bond motifs is 1. The Balaban J connectivity index is 1.57. The fourth-order valence-corrected chi connectivity index (χ4v) is 5.51. The maximum absolute atomic E-state index is 13.1. The summed E-state index contributed by atoms with van der Waals surface area (Å²) in [6.07, 6.45) is 3.40. The molecule has 2 heterocycles. The van der Waals surface area contributed by atoms with Crippen molar-refractivity contribution in [2.24, 2.45) is 0 Å². The lowest BCUT2D eigenvalue weighted by Crippen LogP contribution is -2.28. The predicted molar refractivity (Wildman–Crippen MR) is 119 cm³/mol. The number of hydrogen-bond acceptors (Lipinski definition) is 5. The van der Waals surface area contributed by atoms with Gasteiger partial charge < -0.3 is 14.5 Å². The molecule has 1 saturated heterocycles. The van der Waals surface area contributed by atoms with Gasteiger partial charge in [-0.2, -0.15) is 4.31 Å². The van der Waals surface area contributed by atoms with E-state index in [9.17, 15) is 13.2 Å². The number of nitrogens with one attached hydrogen (secondary N) is 1. The van der Waals surface area contributed by atoms with Crippen LogP contribution in [0.4, 0.5) is 5.69 Å². The molecule has 0 unspecified atom stereocenters. The van der Waals surface area contributed by atoms with E-state index in [4.69, 9.17) is 9.15 Å². The van der Waals surface area contributed by atoms with Crippen molar-refractivity contribution in [3.8, 4) is 5.75 Å². The van der Waals surface area contributed by atoms with E-state index in [1.165, 1.54) is 10.4 Å². The fraction of sp³-hybridized carbons (Fsp3) is 0.348. The summed E-state index contributed by atoms with van der Waals surface area (Å²) in [5.41, 5.74) is 3.01. The number of rotatable bonds is 7. The molecule has 0 atom stereocenters. The molecular formula is C23H26N2O5S. The number of aryl methyl sites for hydroxylation is 1. The van der Waals surface area contributed by atoms with Crippen molar-refractivity contribution in [2.45, 2.75) is 38.0 Å². The number of nitrogens with zero attached hydrogens (tertiary/aromatic N) is 1. The Bertz CT molecular complexity index is 1210. The number of amides is 1. The number of carbonyl (C=O) groups excluding carboxylic acids is 1. The summed E-state index contributed by atoms with van der Waals surface area (Å²) in [6, 6.07) is 10.6. The highest BCUT2D eigenvalue weighted by atomic mass is 32.2. The average molecular weight is 443 g/mol. The van der Waals surface area contributed by atoms with Crippen molar-refractivity contribution in [2.75, 3.05) is 25.0 Å². The molecule has 4 rings (SSSR count). The lowest BCUT2D eigenvalue weighted by atomic mass is 10.1. The summed E-state index contributed by atoms with van der Waals surface area (Å²) in [5.74, 6) is 0.0422. The summed E-state index contributed by atoms with van der Waals surface area (Å²) in [7, 11) is -3.69. The number of carbonyl (C=O) groups is 1. The van der Waals surface area contributed by atoms with Crippen molar-refractivity contribution in [3.63, 3.8) is 0 Å². The zero-order chi connectivity index (χ0) is 22.0. The van der Waals surface area contributed by atoms with Crippen LogP contribution in [0.3, 0.4) is 0 Å². The van der Waals surface area contributed by atoms with Crippen LogP contribution >= 0.6 is 0 Å². The monoisotopic (exact) mass is 442 g/mol. The Morgan fingerprint density at radius 1 is 1.16 bits per heavy atom. The first-order valence-corrected chi connectivity index (χ1v) is 11.9. The Morgan fingerprint density at radius 3 is 2.68 bits per heavy atom. The molecule has 164 valence electrons. The third-order valence-electron chi connectivity index (χ3n) is 5.37. The van der Waals surface area contributed by atoms with E-state index < -0.39 is 10.0 Å². The van der Waals surface area contributed by atoms with Crippen LogP contribution in [0.1, 0.15) is 30.9 Å². The Labute approximate surface area is 182 Å². The molecule has 1 aliphatic heterocycles. The zero-order valence-electron chi connectivity index (χ0n) is 17.7. The topological polar surface area (TPSA) is 88.8 Å². The second kappa shape index (κ2) is 8.72. The lowest BCUT2D eigenvalue weighted by Gasteiger charge is -2.19. The zero-order valence-corrected chi connectivity index (χ0v) is 18.5. The predicted octanol–water partition coefficient (Wildman–Crippen LogP) is 4.11. The number of anilines is 1. The molecule has 8 heteroatoms. The summed E-state index contributed by atoms with van der Waals surface area (Å²) in [6.45, 7) is 5.13. The van der Waals surface area contributed by atoms with Gasteiger partial charge in [0.05, 0.1) is 19.3 Å². The smallest absolute Gasteiger partial charge is 0.246 e. The molecule has 3 aromatic rings. The summed E-state index contributed by atoms with van der Waals surface area (Å²) >= 11 is 0. The van der Waals surface area contributed by atoms with E-state index in [1.807, 2.05) is 25.1 Å². The van der Waals surface area contributed by atoms with Gasteiger partial charge in [0.15, 0.2) is 0 Å². The van der Waals surface area contributed by atoms with Gasteiger partial charge >= 0.3 is 0 Å². The molecule has 0 aliphatic carbocycles. The maximum Gasteiger partial charge on any atom is 0.246 e. The first-order valence-electron chi connectivity index (χ1n) is 10.4. The Hall–Kier alpha value is -2.84. The minimum absolute atomic E-state index is 0.0817. The molecule has 1 fully saturated rings. The SMILES string of the molecule is CCOc1ccc(NC(=O)Cc2coc3cc(C)ccc23)cc1S(=O)(=O)N1CCCC1. The number of ether oxygens (including phenoxy) is 1. The van der Waals surface area contributed by atoms with Crippen molar-refractivity contribution in [1.29, 1.82) is 0 Å². The van der Waals surface area contributed by atoms with E-state index in [0.29, 0.717) is 31.1 Å². The van der Waals surface area contributed by atoms with Gasteiger partial charge in [0, 0.05) is 29.7 Å². The normalized spacial score (nSPS) is 14.8. The molecule has 0 radical (unpaired) electrons. The van der Waals surface area contributed by atoms with Crippen LogP contribution in [0.15, 0.2) is 52.0 Å². The summed E-state index contributed by atoms with van der Waals surface area (Å²) in [4.78, 5) is 12.8. The van der Waals surface area contributed by atoms with Gasteiger partial charge in [0.2, 0.25) is 15.9 Å². The van der Waals surface area contributed by atoms with Crippen molar-refractivity contribution in [3.05, 3.63) is 53.8 Å². The van der Waals surface area contributed by atoms with E-state index >= 15 is 0 Å². The quantitative estimate of drug-likeness (QED) is 0.595. The van der Waals surface area contributed by atoms with Crippen molar-refractivity contribution in [1.82, 2.24) is 4.31 Å². The maximum atomic E-state index is 13.1. The highest BCUT2D eigenvalue weighted by molar-refractivity contribution is 7.89. The number of sulfonamides is 1. The van der Waals surface area contributed by atoms with Crippen LogP contribution in [-0.2, 0) is 21.2 Å². The molecule has 1 N–H and O–H groups in total. The van der Waals surface area contributed by atoms with E-state index in [1.54, 1.807) is 25.3 Å². The van der Waals surface area contributed by atoms with Crippen LogP contribution < -0.4 is 10.1 Å². The molecular weight excluding hydrogens is 416 g/mol. The Morgan fingerprint density at radius 2 is 1.94 bits per heavy atom. The van der Waals surface area contributed by atoms with E-state index in [-0.39, 0.29) is 17.2 Å². The first kappa shape index (κ1) is 21.4. The largest absolute Gasteiger partial charge is 0.492 e. The standard InChI is InChI=1S/C23H26N2O5S/c1-3-29-20-9-7-18(14-22(20)31(27,28)25-10-4-5-11-25)24-23(26)13-17-15-30-21-12-16(2)6-8-19(17)21/h6-9,12,14-15H,3-5,10-11,13H2,1-2H3,(H,24,26). The molecule has 1 aliphatic rings. The highest BCUT2D eigenvalue weighted by Crippen LogP contribution is 2.32. The third kappa shape index (κ3) is 4.45. The van der Waals surface area contributed by atoms with E-state index in [0.717, 1.165) is 34.9 Å². The number of benzene rings is 2. The van der Waals surface area contributed by atoms with Crippen LogP contribution in [0.2, 0.25) is 0 Å². The molecule has 0 bridgehead atoms. The van der Waals surface area contributed by atoms with Gasteiger partial charge in [0.1, 0.15) is 16.2 Å². The van der Waals surface area contributed by atoms with Crippen LogP contribution in [0.25, 0.3) is 11.0 Å². The fourth-order valence-electron chi connectivity index (χ4n) is 3.84. The minimum Gasteiger partial charge on any atom is -0.492 e.